The number of amides is 3. The van der Waals surface area contributed by atoms with E-state index in [9.17, 15) is 68.3 Å². The molecular formula is C87H89F10N15O13. The number of carbonyl (C=O) groups excluding carboxylic acids is 6. The van der Waals surface area contributed by atoms with Gasteiger partial charge in [-0.25, -0.2) is 19.3 Å². The number of carbonyl (C=O) groups is 6. The summed E-state index contributed by atoms with van der Waals surface area (Å²) in [6.45, 7) is 13.3. The number of hydrogen-bond acceptors (Lipinski definition) is 25. The van der Waals surface area contributed by atoms with Gasteiger partial charge >= 0.3 is 18.5 Å². The van der Waals surface area contributed by atoms with Gasteiger partial charge in [-0.3, -0.25) is 28.8 Å². The molecular weight excluding hydrogens is 1650 g/mol. The summed E-state index contributed by atoms with van der Waals surface area (Å²) in [7, 11) is 8.73. The van der Waals surface area contributed by atoms with Crippen LogP contribution in [0.5, 0.6) is 57.9 Å². The molecule has 6 N–H and O–H groups in total. The Kier molecular flexibility index (Phi) is 26.5. The first-order valence-corrected chi connectivity index (χ1v) is 40.0. The van der Waals surface area contributed by atoms with Gasteiger partial charge in [-0.2, -0.15) is 54.5 Å². The number of ketones is 3. The summed E-state index contributed by atoms with van der Waals surface area (Å²) in [4.78, 5) is 106. The summed E-state index contributed by atoms with van der Waals surface area (Å²) in [6, 6.07) is 25.5. The molecule has 1 atom stereocenters. The van der Waals surface area contributed by atoms with Crippen molar-refractivity contribution in [2.75, 3.05) is 90.6 Å². The highest BCUT2D eigenvalue weighted by Crippen LogP contribution is 2.48. The van der Waals surface area contributed by atoms with E-state index in [1.807, 2.05) is 28.1 Å². The van der Waals surface area contributed by atoms with Gasteiger partial charge in [0.15, 0.2) is 17.0 Å². The molecule has 5 aliphatic heterocycles. The minimum absolute atomic E-state index is 0.0201. The van der Waals surface area contributed by atoms with E-state index in [2.05, 4.69) is 76.5 Å². The third-order valence-corrected chi connectivity index (χ3v) is 21.6. The molecule has 3 aromatic heterocycles. The zero-order chi connectivity index (χ0) is 89.8. The monoisotopic (exact) mass is 1740 g/mol. The van der Waals surface area contributed by atoms with Crippen molar-refractivity contribution in [2.45, 2.75) is 140 Å². The second-order valence-corrected chi connectivity index (χ2v) is 31.6. The fraction of sp³-hybridized carbons (Fsp3) is 0.379. The van der Waals surface area contributed by atoms with E-state index < -0.39 is 87.4 Å². The van der Waals surface area contributed by atoms with Crippen molar-refractivity contribution in [1.29, 1.82) is 0 Å². The van der Waals surface area contributed by atoms with E-state index in [-0.39, 0.29) is 128 Å². The van der Waals surface area contributed by atoms with E-state index in [1.165, 1.54) is 82.7 Å². The maximum atomic E-state index is 15.1. The number of Topliss-reactive ketones (excluding diaryl/α,β-unsaturated/α-hetero) is 3. The Morgan fingerprint density at radius 3 is 1.37 bits per heavy atom. The number of nitrogens with one attached hydrogen (secondary N) is 6. The minimum Gasteiger partial charge on any atom is -0.495 e. The van der Waals surface area contributed by atoms with Gasteiger partial charge < -0.3 is 79.8 Å². The summed E-state index contributed by atoms with van der Waals surface area (Å²) in [5.74, 6) is -5.81. The van der Waals surface area contributed by atoms with Crippen LogP contribution < -0.4 is 65.1 Å². The van der Waals surface area contributed by atoms with Crippen molar-refractivity contribution < 1.29 is 106 Å². The molecule has 1 aliphatic carbocycles. The minimum atomic E-state index is -4.90. The second kappa shape index (κ2) is 36.9. The Morgan fingerprint density at radius 1 is 0.480 bits per heavy atom. The third-order valence-electron chi connectivity index (χ3n) is 21.6. The van der Waals surface area contributed by atoms with E-state index in [0.29, 0.717) is 53.9 Å². The van der Waals surface area contributed by atoms with Crippen LogP contribution in [0.25, 0.3) is 0 Å². The van der Waals surface area contributed by atoms with Crippen molar-refractivity contribution in [3.8, 4) is 57.9 Å². The fourth-order valence-corrected chi connectivity index (χ4v) is 14.9. The molecule has 3 saturated heterocycles. The lowest BCUT2D eigenvalue weighted by Crippen LogP contribution is -2.46. The molecule has 3 amide bonds. The SMILES string of the molecule is CCc1cc(C(=O)NC2CCCN(C)C2)ccc1Nc1ncc(C(F)(F)F)c(Oc2cccc3c2C(=O)CC3)n1.COc1cc(C(=O)NC2CCN(C)CC2)c(F)cc1Nc1ncc(C(F)(F)F)c(Oc2cccc3c2C(=O)C(C)(C)O3)n1.COc1cc(C(=O)NC2CCN(C)CC2)ccc1Nc1ncc(C(F)(F)F)c(Oc2cccc3c2C(=O)C(C)(C)O3)n1. The highest BCUT2D eigenvalue weighted by molar-refractivity contribution is 6.10. The van der Waals surface area contributed by atoms with Crippen molar-refractivity contribution in [1.82, 2.24) is 60.6 Å². The van der Waals surface area contributed by atoms with Crippen molar-refractivity contribution in [3.05, 3.63) is 189 Å². The molecule has 9 aromatic rings. The van der Waals surface area contributed by atoms with Crippen LogP contribution in [-0.2, 0) is 31.4 Å². The van der Waals surface area contributed by atoms with Gasteiger partial charge in [-0.1, -0.05) is 31.2 Å². The molecule has 1 unspecified atom stereocenters. The van der Waals surface area contributed by atoms with Crippen molar-refractivity contribution in [2.24, 2.45) is 0 Å². The number of benzene rings is 6. The summed E-state index contributed by atoms with van der Waals surface area (Å²) >= 11 is 0. The fourth-order valence-electron chi connectivity index (χ4n) is 14.9. The number of ether oxygens (including phenoxy) is 7. The molecule has 0 radical (unpaired) electrons. The molecule has 3 fully saturated rings. The van der Waals surface area contributed by atoms with Gasteiger partial charge in [-0.15, -0.1) is 0 Å². The van der Waals surface area contributed by atoms with Gasteiger partial charge in [-0.05, 0) is 217 Å². The number of likely N-dealkylation sites (N-methyl/N-ethyl adjacent to an activating group) is 1. The van der Waals surface area contributed by atoms with Crippen LogP contribution >= 0.6 is 0 Å². The number of alkyl halides is 9. The number of aryl methyl sites for hydroxylation is 2. The van der Waals surface area contributed by atoms with Gasteiger partial charge in [0.05, 0.1) is 36.7 Å². The van der Waals surface area contributed by atoms with Gasteiger partial charge in [0.1, 0.15) is 73.9 Å². The van der Waals surface area contributed by atoms with Crippen LogP contribution in [0.15, 0.2) is 122 Å². The number of halogens is 10. The lowest BCUT2D eigenvalue weighted by atomic mass is 9.99. The normalized spacial score (nSPS) is 17.0. The number of methoxy groups -OCH3 is 2. The predicted molar refractivity (Wildman–Crippen MR) is 437 cm³/mol. The Balaban J connectivity index is 0.000000161. The Hall–Kier alpha value is -12.8. The number of aromatic nitrogens is 6. The lowest BCUT2D eigenvalue weighted by Gasteiger charge is -2.30. The number of anilines is 6. The van der Waals surface area contributed by atoms with E-state index in [0.717, 1.165) is 95.0 Å². The molecule has 0 spiro atoms. The molecule has 660 valence electrons. The molecule has 0 bridgehead atoms. The highest BCUT2D eigenvalue weighted by atomic mass is 19.4. The molecule has 6 aliphatic rings. The molecule has 6 aromatic carbocycles. The average molecular weight is 1740 g/mol. The Morgan fingerprint density at radius 2 is 0.904 bits per heavy atom. The Labute approximate surface area is 710 Å². The lowest BCUT2D eigenvalue weighted by molar-refractivity contribution is -0.140. The zero-order valence-corrected chi connectivity index (χ0v) is 69.5. The number of hydrogen-bond donors (Lipinski definition) is 6. The van der Waals surface area contributed by atoms with Crippen LogP contribution in [-0.4, -0.2) is 184 Å². The van der Waals surface area contributed by atoms with Crippen LogP contribution in [0, 0.1) is 5.82 Å². The smallest absolute Gasteiger partial charge is 0.423 e. The number of piperidine rings is 3. The third kappa shape index (κ3) is 21.0. The van der Waals surface area contributed by atoms with Crippen LogP contribution in [0.2, 0.25) is 0 Å². The maximum Gasteiger partial charge on any atom is 0.423 e. The first kappa shape index (κ1) is 89.9. The van der Waals surface area contributed by atoms with E-state index in [4.69, 9.17) is 33.2 Å². The van der Waals surface area contributed by atoms with Gasteiger partial charge in [0, 0.05) is 72.6 Å². The average Bonchev–Trinajstić information content (AvgIpc) is 1.63. The quantitative estimate of drug-likeness (QED) is 0.0364. The zero-order valence-electron chi connectivity index (χ0n) is 69.5. The number of nitrogens with zero attached hydrogens (tertiary/aromatic N) is 9. The van der Waals surface area contributed by atoms with Crippen LogP contribution in [0.4, 0.5) is 78.8 Å². The summed E-state index contributed by atoms with van der Waals surface area (Å²) in [5, 5.41) is 17.4. The molecule has 8 heterocycles. The number of rotatable bonds is 21. The number of fused-ring (bicyclic) bond motifs is 3. The molecule has 28 nitrogen and oxygen atoms in total. The Bertz CT molecular complexity index is 5610. The second-order valence-electron chi connectivity index (χ2n) is 31.6. The molecule has 38 heteroatoms. The summed E-state index contributed by atoms with van der Waals surface area (Å²) in [5.41, 5.74) is -2.91. The standard InChI is InChI=1S/C29H29F4N5O5.C29H30F3N5O5.C29H30F3N5O3/c1-28(2)24(39)23-20(6-5-7-21(23)43-28)42-26-17(29(31,32)33)14-34-27(37-26)36-19-13-18(30)16(12-22(19)41-4)25(40)35-15-8-10-38(3)11-9-15;1-28(2)24(38)23-20(6-5-7-21(23)42-28)41-26-18(29(30,31)32)15-33-27(36-26)35-19-9-8-16(14-22(19)40-4)25(39)34-17-10-12-37(3)13-11-17;1-3-17-14-19(26(39)34-20-7-5-13-37(2)16-20)9-11-22(17)35-28-33-15-21(29(30,31)32)27(36-28)40-24-8-4-6-18-10-12-23(38)25(18)24/h5-7,12-15H,8-11H2,1-4H3,(H,35,40)(H,34,36,37);5-9,14-15,17H,10-13H2,1-4H3,(H,34,39)(H,33,35,36);4,6,8-9,11,14-15,20H,3,5,7,10,12-13,16H2,1-2H3,(H,34,39)(H,33,35,36). The molecule has 0 saturated carbocycles. The topological polar surface area (TPSA) is 326 Å². The first-order chi connectivity index (χ1) is 59.2. The highest BCUT2D eigenvalue weighted by Gasteiger charge is 2.46. The maximum absolute atomic E-state index is 15.1. The first-order valence-electron chi connectivity index (χ1n) is 40.0. The predicted octanol–water partition coefficient (Wildman–Crippen LogP) is 16.1. The van der Waals surface area contributed by atoms with Crippen molar-refractivity contribution in [3.63, 3.8) is 0 Å². The largest absolute Gasteiger partial charge is 0.495 e. The van der Waals surface area contributed by atoms with E-state index in [1.54, 1.807) is 56.3 Å². The van der Waals surface area contributed by atoms with Crippen LogP contribution in [0.1, 0.15) is 170 Å². The summed E-state index contributed by atoms with van der Waals surface area (Å²) in [6.07, 6.45) is -6.34. The van der Waals surface area contributed by atoms with Crippen LogP contribution in [0.3, 0.4) is 0 Å². The van der Waals surface area contributed by atoms with Crippen molar-refractivity contribution >= 4 is 70.0 Å². The summed E-state index contributed by atoms with van der Waals surface area (Å²) < 4.78 is 179. The van der Waals surface area contributed by atoms with Gasteiger partial charge in [0.2, 0.25) is 47.1 Å². The van der Waals surface area contributed by atoms with Gasteiger partial charge in [0.25, 0.3) is 17.7 Å². The number of likely N-dealkylation sites (tertiary alicyclic amines) is 3. The molecule has 15 rings (SSSR count). The molecule has 125 heavy (non-hydrogen) atoms. The van der Waals surface area contributed by atoms with E-state index >= 15 is 4.39 Å².